The number of hydrogen-bond acceptors (Lipinski definition) is 4. The van der Waals surface area contributed by atoms with Crippen molar-refractivity contribution in [3.8, 4) is 0 Å². The van der Waals surface area contributed by atoms with Crippen LogP contribution in [0.2, 0.25) is 0 Å². The Bertz CT molecular complexity index is 1170. The van der Waals surface area contributed by atoms with Crippen molar-refractivity contribution >= 4 is 26.8 Å². The summed E-state index contributed by atoms with van der Waals surface area (Å²) in [6.45, 7) is 2.06. The fourth-order valence-corrected chi connectivity index (χ4v) is 5.64. The third kappa shape index (κ3) is 5.16. The summed E-state index contributed by atoms with van der Waals surface area (Å²) in [5.74, 6) is -0.0309. The zero-order chi connectivity index (χ0) is 22.6. The average Bonchev–Trinajstić information content (AvgIpc) is 2.83. The van der Waals surface area contributed by atoms with Gasteiger partial charge in [-0.1, -0.05) is 55.5 Å². The quantitative estimate of drug-likeness (QED) is 0.559. The summed E-state index contributed by atoms with van der Waals surface area (Å²) in [7, 11) is -3.66. The molecule has 0 bridgehead atoms. The van der Waals surface area contributed by atoms with E-state index in [4.69, 9.17) is 0 Å². The van der Waals surface area contributed by atoms with Gasteiger partial charge in [-0.2, -0.15) is 0 Å². The van der Waals surface area contributed by atoms with Crippen LogP contribution < -0.4 is 10.0 Å². The molecule has 1 aliphatic rings. The summed E-state index contributed by atoms with van der Waals surface area (Å²) in [5, 5.41) is 3.96. The number of aromatic nitrogens is 1. The van der Waals surface area contributed by atoms with Gasteiger partial charge in [-0.15, -0.1) is 0 Å². The molecule has 1 amide bonds. The highest BCUT2D eigenvalue weighted by Crippen LogP contribution is 2.27. The topological polar surface area (TPSA) is 88.2 Å². The number of rotatable bonds is 7. The summed E-state index contributed by atoms with van der Waals surface area (Å²) >= 11 is 0. The van der Waals surface area contributed by atoms with E-state index in [0.717, 1.165) is 22.9 Å². The van der Waals surface area contributed by atoms with Crippen molar-refractivity contribution in [2.24, 2.45) is 5.92 Å². The summed E-state index contributed by atoms with van der Waals surface area (Å²) in [4.78, 5) is 17.3. The molecule has 4 rings (SSSR count). The second-order valence-corrected chi connectivity index (χ2v) is 10.1. The van der Waals surface area contributed by atoms with Gasteiger partial charge in [-0.3, -0.25) is 9.78 Å². The van der Waals surface area contributed by atoms with Crippen molar-refractivity contribution in [1.29, 1.82) is 0 Å². The molecule has 1 saturated carbocycles. The van der Waals surface area contributed by atoms with Crippen molar-refractivity contribution in [1.82, 2.24) is 15.0 Å². The highest BCUT2D eigenvalue weighted by molar-refractivity contribution is 7.89. The number of para-hydroxylation sites is 1. The molecule has 3 aromatic rings. The number of nitrogens with one attached hydrogen (secondary N) is 2. The molecule has 0 aliphatic heterocycles. The summed E-state index contributed by atoms with van der Waals surface area (Å²) in [5.41, 5.74) is 1.87. The van der Waals surface area contributed by atoms with Crippen LogP contribution in [0.1, 0.15) is 50.6 Å². The van der Waals surface area contributed by atoms with Crippen molar-refractivity contribution in [2.45, 2.75) is 56.0 Å². The van der Waals surface area contributed by atoms with E-state index >= 15 is 0 Å². The van der Waals surface area contributed by atoms with Crippen LogP contribution in [0, 0.1) is 5.92 Å². The van der Waals surface area contributed by atoms with Crippen LogP contribution in [-0.4, -0.2) is 25.4 Å². The lowest BCUT2D eigenvalue weighted by molar-refractivity contribution is -0.126. The Morgan fingerprint density at radius 3 is 2.44 bits per heavy atom. The number of amides is 1. The van der Waals surface area contributed by atoms with E-state index in [0.29, 0.717) is 25.7 Å². The monoisotopic (exact) mass is 451 g/mol. The minimum atomic E-state index is -3.66. The van der Waals surface area contributed by atoms with E-state index in [1.807, 2.05) is 54.6 Å². The van der Waals surface area contributed by atoms with Crippen LogP contribution >= 0.6 is 0 Å². The minimum absolute atomic E-state index is 0.000305. The summed E-state index contributed by atoms with van der Waals surface area (Å²) < 4.78 is 28.6. The van der Waals surface area contributed by atoms with Gasteiger partial charge < -0.3 is 5.32 Å². The predicted molar refractivity (Wildman–Crippen MR) is 125 cm³/mol. The van der Waals surface area contributed by atoms with Gasteiger partial charge in [0.15, 0.2) is 0 Å². The largest absolute Gasteiger partial charge is 0.349 e. The maximum absolute atomic E-state index is 12.9. The first-order chi connectivity index (χ1) is 15.5. The first-order valence-corrected chi connectivity index (χ1v) is 12.7. The van der Waals surface area contributed by atoms with Crippen LogP contribution in [0.15, 0.2) is 71.8 Å². The Morgan fingerprint density at radius 1 is 1.03 bits per heavy atom. The number of nitrogens with zero attached hydrogens (tertiary/aromatic N) is 1. The molecule has 7 heteroatoms. The number of sulfonamides is 1. The molecule has 1 heterocycles. The zero-order valence-electron chi connectivity index (χ0n) is 18.2. The number of carbonyl (C=O) groups excluding carboxylic acids is 1. The van der Waals surface area contributed by atoms with E-state index in [-0.39, 0.29) is 28.8 Å². The first kappa shape index (κ1) is 22.4. The van der Waals surface area contributed by atoms with Crippen LogP contribution in [-0.2, 0) is 14.8 Å². The fraction of sp³-hybridized carbons (Fsp3) is 0.360. The molecule has 168 valence electrons. The predicted octanol–water partition coefficient (Wildman–Crippen LogP) is 4.34. The van der Waals surface area contributed by atoms with Gasteiger partial charge in [0.25, 0.3) is 0 Å². The standard InChI is InChI=1S/C25H29N3O3S/c1-2-23(18-8-4-3-5-9-18)27-25(29)19-12-14-21(15-13-19)28-32(30,31)22-16-20-10-6-7-11-24(20)26-17-22/h3-11,16-17,19,21,23,28H,2,12-15H2,1H3,(H,27,29)/t19-,21-,23-/m1/s1. The molecular weight excluding hydrogens is 422 g/mol. The molecule has 0 saturated heterocycles. The van der Waals surface area contributed by atoms with E-state index in [1.54, 1.807) is 6.07 Å². The van der Waals surface area contributed by atoms with Gasteiger partial charge in [-0.25, -0.2) is 13.1 Å². The van der Waals surface area contributed by atoms with Crippen molar-refractivity contribution < 1.29 is 13.2 Å². The maximum Gasteiger partial charge on any atom is 0.242 e. The molecule has 0 radical (unpaired) electrons. The molecule has 1 aliphatic carbocycles. The Labute approximate surface area is 189 Å². The highest BCUT2D eigenvalue weighted by atomic mass is 32.2. The van der Waals surface area contributed by atoms with E-state index in [2.05, 4.69) is 21.9 Å². The molecule has 0 spiro atoms. The van der Waals surface area contributed by atoms with Crippen LogP contribution in [0.25, 0.3) is 10.9 Å². The molecule has 6 nitrogen and oxygen atoms in total. The van der Waals surface area contributed by atoms with Crippen molar-refractivity contribution in [3.63, 3.8) is 0 Å². The van der Waals surface area contributed by atoms with E-state index < -0.39 is 10.0 Å². The molecule has 32 heavy (non-hydrogen) atoms. The zero-order valence-corrected chi connectivity index (χ0v) is 19.0. The van der Waals surface area contributed by atoms with Crippen LogP contribution in [0.5, 0.6) is 0 Å². The lowest BCUT2D eigenvalue weighted by Crippen LogP contribution is -2.41. The SMILES string of the molecule is CC[C@@H](NC(=O)[C@H]1CC[C@H](NS(=O)(=O)c2cnc3ccccc3c2)CC1)c1ccccc1. The van der Waals surface area contributed by atoms with Crippen molar-refractivity contribution in [2.75, 3.05) is 0 Å². The van der Waals surface area contributed by atoms with Gasteiger partial charge in [0.1, 0.15) is 4.90 Å². The maximum atomic E-state index is 12.9. The van der Waals surface area contributed by atoms with Crippen LogP contribution in [0.4, 0.5) is 0 Å². The second kappa shape index (κ2) is 9.79. The summed E-state index contributed by atoms with van der Waals surface area (Å²) in [6.07, 6.45) is 4.84. The molecular formula is C25H29N3O3S. The Morgan fingerprint density at radius 2 is 1.72 bits per heavy atom. The normalized spacial score (nSPS) is 20.0. The first-order valence-electron chi connectivity index (χ1n) is 11.2. The number of carbonyl (C=O) groups is 1. The summed E-state index contributed by atoms with van der Waals surface area (Å²) in [6, 6.07) is 18.9. The van der Waals surface area contributed by atoms with Crippen molar-refractivity contribution in [3.05, 3.63) is 72.4 Å². The van der Waals surface area contributed by atoms with Gasteiger partial charge in [-0.05, 0) is 49.8 Å². The van der Waals surface area contributed by atoms with Gasteiger partial charge in [0.05, 0.1) is 11.6 Å². The number of pyridine rings is 1. The molecule has 0 unspecified atom stereocenters. The fourth-order valence-electron chi connectivity index (χ4n) is 4.35. The number of benzene rings is 2. The Balaban J connectivity index is 1.34. The second-order valence-electron chi connectivity index (χ2n) is 8.41. The molecule has 2 N–H and O–H groups in total. The molecule has 2 aromatic carbocycles. The van der Waals surface area contributed by atoms with Gasteiger partial charge >= 0.3 is 0 Å². The van der Waals surface area contributed by atoms with Gasteiger partial charge in [0, 0.05) is 23.5 Å². The van der Waals surface area contributed by atoms with Gasteiger partial charge in [0.2, 0.25) is 15.9 Å². The molecule has 1 fully saturated rings. The number of fused-ring (bicyclic) bond motifs is 1. The third-order valence-electron chi connectivity index (χ3n) is 6.22. The van der Waals surface area contributed by atoms with E-state index in [1.165, 1.54) is 6.20 Å². The number of hydrogen-bond donors (Lipinski definition) is 2. The smallest absolute Gasteiger partial charge is 0.242 e. The Kier molecular flexibility index (Phi) is 6.86. The minimum Gasteiger partial charge on any atom is -0.349 e. The van der Waals surface area contributed by atoms with Crippen LogP contribution in [0.3, 0.4) is 0 Å². The lowest BCUT2D eigenvalue weighted by Gasteiger charge is -2.29. The lowest BCUT2D eigenvalue weighted by atomic mass is 9.85. The molecule has 1 atom stereocenters. The highest BCUT2D eigenvalue weighted by Gasteiger charge is 2.30. The molecule has 1 aromatic heterocycles. The third-order valence-corrected chi connectivity index (χ3v) is 7.71. The Hall–Kier alpha value is -2.77. The average molecular weight is 452 g/mol. The van der Waals surface area contributed by atoms with E-state index in [9.17, 15) is 13.2 Å².